The number of benzene rings is 1. The molecular weight excluding hydrogens is 218 g/mol. The van der Waals surface area contributed by atoms with Crippen LogP contribution >= 0.6 is 0 Å². The molecule has 18 heavy (non-hydrogen) atoms. The molecule has 1 aromatic carbocycles. The van der Waals surface area contributed by atoms with Crippen molar-refractivity contribution in [2.24, 2.45) is 5.73 Å². The summed E-state index contributed by atoms with van der Waals surface area (Å²) in [6, 6.07) is 8.80. The van der Waals surface area contributed by atoms with Gasteiger partial charge in [0.15, 0.2) is 0 Å². The van der Waals surface area contributed by atoms with Gasteiger partial charge in [-0.2, -0.15) is 0 Å². The molecule has 1 aromatic rings. The Kier molecular flexibility index (Phi) is 3.37. The van der Waals surface area contributed by atoms with Crippen molar-refractivity contribution in [1.29, 1.82) is 0 Å². The van der Waals surface area contributed by atoms with E-state index in [9.17, 15) is 0 Å². The van der Waals surface area contributed by atoms with Crippen molar-refractivity contribution < 1.29 is 0 Å². The molecule has 0 unspecified atom stereocenters. The molecule has 1 heteroatoms. The molecule has 2 rings (SSSR count). The van der Waals surface area contributed by atoms with E-state index in [1.807, 2.05) is 0 Å². The second kappa shape index (κ2) is 4.55. The Balaban J connectivity index is 2.36. The van der Waals surface area contributed by atoms with Crippen molar-refractivity contribution in [3.8, 4) is 0 Å². The lowest BCUT2D eigenvalue weighted by molar-refractivity contribution is 0.353. The summed E-state index contributed by atoms with van der Waals surface area (Å²) >= 11 is 0. The first-order valence-corrected chi connectivity index (χ1v) is 6.88. The lowest BCUT2D eigenvalue weighted by atomic mass is 9.74. The van der Waals surface area contributed by atoms with E-state index < -0.39 is 0 Å². The van der Waals surface area contributed by atoms with Gasteiger partial charge in [-0.1, -0.05) is 57.2 Å². The molecule has 0 bridgehead atoms. The van der Waals surface area contributed by atoms with Gasteiger partial charge in [0, 0.05) is 5.54 Å². The molecular formula is C17H25N. The minimum Gasteiger partial charge on any atom is -0.321 e. The summed E-state index contributed by atoms with van der Waals surface area (Å²) in [5.41, 5.74) is 10.5. The molecule has 1 nitrogen and oxygen atoms in total. The first-order chi connectivity index (χ1) is 8.31. The van der Waals surface area contributed by atoms with Crippen LogP contribution in [0.4, 0.5) is 0 Å². The predicted octanol–water partition coefficient (Wildman–Crippen LogP) is 4.27. The normalized spacial score (nSPS) is 25.2. The number of hydrogen-bond donors (Lipinski definition) is 1. The maximum absolute atomic E-state index is 6.62. The molecule has 0 aliphatic heterocycles. The SMILES string of the molecule is C=C1CCC[C@](N)(c2cccc(C(C)(C)C)c2)C1. The highest BCUT2D eigenvalue weighted by atomic mass is 14.7. The van der Waals surface area contributed by atoms with Gasteiger partial charge in [0.1, 0.15) is 0 Å². The standard InChI is InChI=1S/C17H25N/c1-13-7-6-10-17(18,12-13)15-9-5-8-14(11-15)16(2,3)4/h5,8-9,11H,1,6-7,10,12,18H2,2-4H3/t17-/m1/s1. The summed E-state index contributed by atoms with van der Waals surface area (Å²) in [6.07, 6.45) is 4.30. The van der Waals surface area contributed by atoms with Gasteiger partial charge < -0.3 is 5.73 Å². The lowest BCUT2D eigenvalue weighted by Crippen LogP contribution is -2.39. The van der Waals surface area contributed by atoms with Crippen LogP contribution in [0.15, 0.2) is 36.4 Å². The molecule has 0 amide bonds. The van der Waals surface area contributed by atoms with E-state index in [4.69, 9.17) is 5.73 Å². The maximum Gasteiger partial charge on any atom is 0.0447 e. The van der Waals surface area contributed by atoms with E-state index in [0.29, 0.717) is 0 Å². The largest absolute Gasteiger partial charge is 0.321 e. The molecule has 0 heterocycles. The third kappa shape index (κ3) is 2.67. The van der Waals surface area contributed by atoms with E-state index in [2.05, 4.69) is 51.6 Å². The average Bonchev–Trinajstić information content (AvgIpc) is 2.28. The zero-order valence-electron chi connectivity index (χ0n) is 11.9. The Bertz CT molecular complexity index is 453. The van der Waals surface area contributed by atoms with Gasteiger partial charge in [-0.3, -0.25) is 0 Å². The molecule has 0 aromatic heterocycles. The van der Waals surface area contributed by atoms with Crippen LogP contribution in [0.25, 0.3) is 0 Å². The summed E-state index contributed by atoms with van der Waals surface area (Å²) in [5.74, 6) is 0. The Labute approximate surface area is 111 Å². The van der Waals surface area contributed by atoms with Crippen molar-refractivity contribution in [3.63, 3.8) is 0 Å². The maximum atomic E-state index is 6.62. The van der Waals surface area contributed by atoms with Gasteiger partial charge >= 0.3 is 0 Å². The minimum absolute atomic E-state index is 0.179. The topological polar surface area (TPSA) is 26.0 Å². The third-order valence-corrected chi connectivity index (χ3v) is 4.02. The van der Waals surface area contributed by atoms with E-state index >= 15 is 0 Å². The summed E-state index contributed by atoms with van der Waals surface area (Å²) in [4.78, 5) is 0. The van der Waals surface area contributed by atoms with Gasteiger partial charge in [0.05, 0.1) is 0 Å². The Hall–Kier alpha value is -1.08. The molecule has 0 radical (unpaired) electrons. The monoisotopic (exact) mass is 243 g/mol. The summed E-state index contributed by atoms with van der Waals surface area (Å²) in [6.45, 7) is 10.9. The molecule has 0 spiro atoms. The lowest BCUT2D eigenvalue weighted by Gasteiger charge is -2.36. The number of rotatable bonds is 1. The zero-order chi connectivity index (χ0) is 13.4. The Morgan fingerprint density at radius 3 is 2.61 bits per heavy atom. The van der Waals surface area contributed by atoms with Crippen LogP contribution in [0.5, 0.6) is 0 Å². The van der Waals surface area contributed by atoms with Crippen LogP contribution in [0.2, 0.25) is 0 Å². The Morgan fingerprint density at radius 1 is 1.28 bits per heavy atom. The van der Waals surface area contributed by atoms with Crippen LogP contribution in [0.3, 0.4) is 0 Å². The van der Waals surface area contributed by atoms with Gasteiger partial charge in [0.25, 0.3) is 0 Å². The first-order valence-electron chi connectivity index (χ1n) is 6.88. The molecule has 1 aliphatic carbocycles. The van der Waals surface area contributed by atoms with Crippen LogP contribution in [-0.2, 0) is 11.0 Å². The van der Waals surface area contributed by atoms with Gasteiger partial charge in [-0.25, -0.2) is 0 Å². The minimum atomic E-state index is -0.198. The molecule has 1 saturated carbocycles. The Morgan fingerprint density at radius 2 is 2.00 bits per heavy atom. The fraction of sp³-hybridized carbons (Fsp3) is 0.529. The molecule has 2 N–H and O–H groups in total. The van der Waals surface area contributed by atoms with Crippen molar-refractivity contribution in [2.45, 2.75) is 57.4 Å². The van der Waals surface area contributed by atoms with Gasteiger partial charge in [-0.15, -0.1) is 0 Å². The molecule has 1 aliphatic rings. The van der Waals surface area contributed by atoms with Crippen molar-refractivity contribution in [2.75, 3.05) is 0 Å². The second-order valence-electron chi connectivity index (χ2n) is 6.77. The summed E-state index contributed by atoms with van der Waals surface area (Å²) < 4.78 is 0. The van der Waals surface area contributed by atoms with Crippen LogP contribution < -0.4 is 5.73 Å². The predicted molar refractivity (Wildman–Crippen MR) is 78.6 cm³/mol. The molecule has 0 saturated heterocycles. The quantitative estimate of drug-likeness (QED) is 0.732. The molecule has 98 valence electrons. The van der Waals surface area contributed by atoms with Crippen LogP contribution in [0, 0.1) is 0 Å². The highest BCUT2D eigenvalue weighted by molar-refractivity contribution is 5.34. The first kappa shape index (κ1) is 13.4. The van der Waals surface area contributed by atoms with E-state index in [1.54, 1.807) is 0 Å². The second-order valence-corrected chi connectivity index (χ2v) is 6.77. The molecule has 1 fully saturated rings. The van der Waals surface area contributed by atoms with Crippen molar-refractivity contribution in [3.05, 3.63) is 47.5 Å². The number of nitrogens with two attached hydrogens (primary N) is 1. The zero-order valence-corrected chi connectivity index (χ0v) is 11.9. The van der Waals surface area contributed by atoms with Crippen molar-refractivity contribution in [1.82, 2.24) is 0 Å². The summed E-state index contributed by atoms with van der Waals surface area (Å²) in [5, 5.41) is 0. The third-order valence-electron chi connectivity index (χ3n) is 4.02. The fourth-order valence-electron chi connectivity index (χ4n) is 2.82. The highest BCUT2D eigenvalue weighted by Crippen LogP contribution is 2.38. The van der Waals surface area contributed by atoms with Crippen molar-refractivity contribution >= 4 is 0 Å². The number of hydrogen-bond acceptors (Lipinski definition) is 1. The van der Waals surface area contributed by atoms with Crippen LogP contribution in [-0.4, -0.2) is 0 Å². The van der Waals surface area contributed by atoms with E-state index in [0.717, 1.165) is 25.7 Å². The smallest absolute Gasteiger partial charge is 0.0447 e. The van der Waals surface area contributed by atoms with E-state index in [-0.39, 0.29) is 11.0 Å². The van der Waals surface area contributed by atoms with Gasteiger partial charge in [-0.05, 0) is 42.2 Å². The van der Waals surface area contributed by atoms with Gasteiger partial charge in [0.2, 0.25) is 0 Å². The van der Waals surface area contributed by atoms with Crippen LogP contribution in [0.1, 0.15) is 57.6 Å². The van der Waals surface area contributed by atoms with E-state index in [1.165, 1.54) is 16.7 Å². The molecule has 1 atom stereocenters. The average molecular weight is 243 g/mol. The summed E-state index contributed by atoms with van der Waals surface area (Å²) in [7, 11) is 0. The highest BCUT2D eigenvalue weighted by Gasteiger charge is 2.31. The fourth-order valence-corrected chi connectivity index (χ4v) is 2.82.